The summed E-state index contributed by atoms with van der Waals surface area (Å²) in [5.74, 6) is -8.13. The maximum absolute atomic E-state index is 13.4. The van der Waals surface area contributed by atoms with Crippen LogP contribution in [0.5, 0.6) is 0 Å². The van der Waals surface area contributed by atoms with Gasteiger partial charge in [0.25, 0.3) is 0 Å². The Hall–Kier alpha value is -0.850. The lowest BCUT2D eigenvalue weighted by molar-refractivity contribution is -0.154. The van der Waals surface area contributed by atoms with Crippen molar-refractivity contribution in [3.05, 3.63) is 0 Å². The smallest absolute Gasteiger partial charge is 0.308 e. The van der Waals surface area contributed by atoms with Gasteiger partial charge in [0.1, 0.15) is 0 Å². The molecule has 0 bridgehead atoms. The number of carboxylic acid groups (broad SMARTS) is 1. The third-order valence-electron chi connectivity index (χ3n) is 4.33. The third kappa shape index (κ3) is 3.62. The fraction of sp³-hybridized carbons (Fsp3) is 0.923. The van der Waals surface area contributed by atoms with E-state index in [-0.39, 0.29) is 38.6 Å². The van der Waals surface area contributed by atoms with E-state index in [1.807, 2.05) is 0 Å². The zero-order valence-corrected chi connectivity index (χ0v) is 11.1. The minimum Gasteiger partial charge on any atom is -0.481 e. The zero-order chi connectivity index (χ0) is 15.0. The molecule has 1 heterocycles. The molecule has 3 nitrogen and oxygen atoms in total. The molecule has 0 aromatic carbocycles. The molecular weight excluding hydrogens is 278 g/mol. The average Bonchev–Trinajstić information content (AvgIpc) is 2.49. The van der Waals surface area contributed by atoms with Crippen LogP contribution in [0, 0.1) is 5.92 Å². The van der Waals surface area contributed by atoms with Crippen LogP contribution in [-0.4, -0.2) is 47.0 Å². The molecule has 2 atom stereocenters. The summed E-state index contributed by atoms with van der Waals surface area (Å²) in [6.07, 6.45) is -1.29. The summed E-state index contributed by atoms with van der Waals surface area (Å²) in [5.41, 5.74) is 0. The van der Waals surface area contributed by atoms with Gasteiger partial charge < -0.3 is 5.11 Å². The molecule has 0 aromatic heterocycles. The topological polar surface area (TPSA) is 40.5 Å². The highest BCUT2D eigenvalue weighted by atomic mass is 19.3. The summed E-state index contributed by atoms with van der Waals surface area (Å²) < 4.78 is 53.4. The Balaban J connectivity index is 2.08. The normalized spacial score (nSPS) is 34.4. The monoisotopic (exact) mass is 297 g/mol. The molecule has 0 radical (unpaired) electrons. The highest BCUT2D eigenvalue weighted by Gasteiger charge is 2.47. The van der Waals surface area contributed by atoms with Gasteiger partial charge in [-0.05, 0) is 19.4 Å². The largest absolute Gasteiger partial charge is 0.481 e. The quantitative estimate of drug-likeness (QED) is 0.797. The van der Waals surface area contributed by atoms with Gasteiger partial charge in [-0.25, -0.2) is 17.6 Å². The number of halogens is 4. The molecule has 1 saturated heterocycles. The maximum Gasteiger partial charge on any atom is 0.308 e. The van der Waals surface area contributed by atoms with Crippen LogP contribution >= 0.6 is 0 Å². The van der Waals surface area contributed by atoms with Crippen LogP contribution in [0.2, 0.25) is 0 Å². The predicted molar refractivity (Wildman–Crippen MR) is 64.1 cm³/mol. The Morgan fingerprint density at radius 1 is 1.05 bits per heavy atom. The van der Waals surface area contributed by atoms with Crippen LogP contribution in [-0.2, 0) is 4.79 Å². The highest BCUT2D eigenvalue weighted by molar-refractivity contribution is 5.71. The number of rotatable bonds is 2. The van der Waals surface area contributed by atoms with E-state index < -0.39 is 36.2 Å². The lowest BCUT2D eigenvalue weighted by atomic mass is 9.81. The van der Waals surface area contributed by atoms with Gasteiger partial charge in [0.2, 0.25) is 11.8 Å². The first kappa shape index (κ1) is 15.5. The molecule has 1 N–H and O–H groups in total. The van der Waals surface area contributed by atoms with Gasteiger partial charge >= 0.3 is 5.97 Å². The minimum absolute atomic E-state index is 0.0511. The van der Waals surface area contributed by atoms with E-state index in [4.69, 9.17) is 5.11 Å². The second kappa shape index (κ2) is 5.50. The van der Waals surface area contributed by atoms with Gasteiger partial charge in [-0.2, -0.15) is 0 Å². The first-order chi connectivity index (χ1) is 9.20. The summed E-state index contributed by atoms with van der Waals surface area (Å²) >= 11 is 0. The van der Waals surface area contributed by atoms with Gasteiger partial charge in [0.15, 0.2) is 0 Å². The Morgan fingerprint density at radius 2 is 1.75 bits per heavy atom. The van der Waals surface area contributed by atoms with E-state index >= 15 is 0 Å². The third-order valence-corrected chi connectivity index (χ3v) is 4.33. The predicted octanol–water partition coefficient (Wildman–Crippen LogP) is 3.00. The highest BCUT2D eigenvalue weighted by Crippen LogP contribution is 2.40. The second-order valence-electron chi connectivity index (χ2n) is 5.86. The van der Waals surface area contributed by atoms with Crippen molar-refractivity contribution < 1.29 is 27.5 Å². The summed E-state index contributed by atoms with van der Waals surface area (Å²) in [6.45, 7) is 0.433. The van der Waals surface area contributed by atoms with Crippen molar-refractivity contribution in [3.63, 3.8) is 0 Å². The molecule has 0 aromatic rings. The van der Waals surface area contributed by atoms with Crippen molar-refractivity contribution in [3.8, 4) is 0 Å². The number of carboxylic acids is 1. The van der Waals surface area contributed by atoms with E-state index in [0.29, 0.717) is 6.54 Å². The molecule has 2 unspecified atom stereocenters. The molecule has 1 aliphatic carbocycles. The van der Waals surface area contributed by atoms with Crippen LogP contribution in [0.4, 0.5) is 17.6 Å². The Bertz CT molecular complexity index is 375. The van der Waals surface area contributed by atoms with E-state index in [2.05, 4.69) is 0 Å². The number of alkyl halides is 4. The first-order valence-electron chi connectivity index (χ1n) is 6.93. The molecule has 1 saturated carbocycles. The molecule has 2 aliphatic rings. The summed E-state index contributed by atoms with van der Waals surface area (Å²) in [7, 11) is 0. The molecule has 0 amide bonds. The van der Waals surface area contributed by atoms with E-state index in [1.54, 1.807) is 4.90 Å². The van der Waals surface area contributed by atoms with Crippen molar-refractivity contribution in [2.24, 2.45) is 5.92 Å². The molecule has 116 valence electrons. The van der Waals surface area contributed by atoms with E-state index in [9.17, 15) is 22.4 Å². The number of likely N-dealkylation sites (tertiary alicyclic amines) is 1. The molecule has 7 heteroatoms. The average molecular weight is 297 g/mol. The maximum atomic E-state index is 13.4. The van der Waals surface area contributed by atoms with Gasteiger partial charge in [-0.3, -0.25) is 9.69 Å². The van der Waals surface area contributed by atoms with Gasteiger partial charge in [0.05, 0.1) is 5.92 Å². The molecule has 2 fully saturated rings. The Kier molecular flexibility index (Phi) is 4.27. The van der Waals surface area contributed by atoms with Crippen molar-refractivity contribution in [2.75, 3.05) is 13.1 Å². The van der Waals surface area contributed by atoms with Crippen molar-refractivity contribution in [1.29, 1.82) is 0 Å². The zero-order valence-electron chi connectivity index (χ0n) is 11.1. The standard InChI is InChI=1S/C13H19F4NO2/c14-12(15)3-1-6-18(7-5-12)10-2-4-13(16,17)8-9(10)11(19)20/h9-10H,1-8H2,(H,19,20). The number of hydrogen-bond donors (Lipinski definition) is 1. The van der Waals surface area contributed by atoms with Crippen LogP contribution in [0.1, 0.15) is 38.5 Å². The van der Waals surface area contributed by atoms with E-state index in [1.165, 1.54) is 0 Å². The molecule has 2 rings (SSSR count). The summed E-state index contributed by atoms with van der Waals surface area (Å²) in [4.78, 5) is 12.9. The Labute approximate surface area is 114 Å². The van der Waals surface area contributed by atoms with Crippen LogP contribution < -0.4 is 0 Å². The number of nitrogens with zero attached hydrogens (tertiary/aromatic N) is 1. The van der Waals surface area contributed by atoms with Crippen molar-refractivity contribution in [1.82, 2.24) is 4.90 Å². The number of aliphatic carboxylic acids is 1. The minimum atomic E-state index is -2.96. The fourth-order valence-corrected chi connectivity index (χ4v) is 3.23. The Morgan fingerprint density at radius 3 is 2.40 bits per heavy atom. The molecule has 20 heavy (non-hydrogen) atoms. The second-order valence-corrected chi connectivity index (χ2v) is 5.86. The first-order valence-corrected chi connectivity index (χ1v) is 6.93. The SMILES string of the molecule is O=C(O)C1CC(F)(F)CCC1N1CCCC(F)(F)CC1. The van der Waals surface area contributed by atoms with Crippen LogP contribution in [0.15, 0.2) is 0 Å². The number of carbonyl (C=O) groups is 1. The fourth-order valence-electron chi connectivity index (χ4n) is 3.23. The summed E-state index contributed by atoms with van der Waals surface area (Å²) in [6, 6.07) is -0.555. The molecule has 1 aliphatic heterocycles. The van der Waals surface area contributed by atoms with Gasteiger partial charge in [0, 0.05) is 38.3 Å². The lowest BCUT2D eigenvalue weighted by Gasteiger charge is -2.40. The molecular formula is C13H19F4NO2. The molecule has 0 spiro atoms. The van der Waals surface area contributed by atoms with Crippen molar-refractivity contribution in [2.45, 2.75) is 56.4 Å². The van der Waals surface area contributed by atoms with Crippen LogP contribution in [0.3, 0.4) is 0 Å². The van der Waals surface area contributed by atoms with Gasteiger partial charge in [-0.1, -0.05) is 0 Å². The summed E-state index contributed by atoms with van der Waals surface area (Å²) in [5, 5.41) is 9.14. The van der Waals surface area contributed by atoms with Crippen molar-refractivity contribution >= 4 is 5.97 Å². The lowest BCUT2D eigenvalue weighted by Crippen LogP contribution is -2.50. The number of hydrogen-bond acceptors (Lipinski definition) is 2. The van der Waals surface area contributed by atoms with Gasteiger partial charge in [-0.15, -0.1) is 0 Å². The van der Waals surface area contributed by atoms with E-state index in [0.717, 1.165) is 0 Å². The van der Waals surface area contributed by atoms with Crippen LogP contribution in [0.25, 0.3) is 0 Å².